The number of benzene rings is 1. The van der Waals surface area contributed by atoms with Crippen molar-refractivity contribution in [1.29, 1.82) is 0 Å². The molecule has 1 fully saturated rings. The SMILES string of the molecule is Cc1ccsc1[C@H]1C[C@@H]1C(=O)Nc1ccccc1-c1ncn[nH]1. The Labute approximate surface area is 137 Å². The number of carbonyl (C=O) groups is 1. The third-order valence-corrected chi connectivity index (χ3v) is 5.37. The van der Waals surface area contributed by atoms with Crippen molar-refractivity contribution in [3.05, 3.63) is 52.5 Å². The average Bonchev–Trinajstić information content (AvgIpc) is 2.95. The molecular formula is C17H16N4OS. The van der Waals surface area contributed by atoms with Gasteiger partial charge in [0, 0.05) is 22.3 Å². The molecule has 116 valence electrons. The van der Waals surface area contributed by atoms with Gasteiger partial charge in [-0.2, -0.15) is 5.10 Å². The minimum absolute atomic E-state index is 0.0649. The van der Waals surface area contributed by atoms with Gasteiger partial charge in [0.15, 0.2) is 5.82 Å². The fraction of sp³-hybridized carbons (Fsp3) is 0.235. The summed E-state index contributed by atoms with van der Waals surface area (Å²) in [5, 5.41) is 11.9. The van der Waals surface area contributed by atoms with E-state index in [-0.39, 0.29) is 11.8 Å². The number of nitrogens with one attached hydrogen (secondary N) is 2. The van der Waals surface area contributed by atoms with E-state index in [0.29, 0.717) is 11.7 Å². The Kier molecular flexibility index (Phi) is 3.46. The van der Waals surface area contributed by atoms with Crippen molar-refractivity contribution in [2.24, 2.45) is 5.92 Å². The maximum atomic E-state index is 12.6. The van der Waals surface area contributed by atoms with Crippen molar-refractivity contribution in [1.82, 2.24) is 15.2 Å². The summed E-state index contributed by atoms with van der Waals surface area (Å²) in [5.41, 5.74) is 2.91. The van der Waals surface area contributed by atoms with Crippen LogP contribution in [0.2, 0.25) is 0 Å². The van der Waals surface area contributed by atoms with Crippen LogP contribution in [0, 0.1) is 12.8 Å². The molecule has 2 aromatic heterocycles. The second-order valence-electron chi connectivity index (χ2n) is 5.79. The standard InChI is InChI=1S/C17H16N4OS/c1-10-6-7-23-15(10)12-8-13(12)17(22)20-14-5-3-2-4-11(14)16-18-9-19-21-16/h2-7,9,12-13H,8H2,1H3,(H,20,22)(H,18,19,21)/t12-,13-/m0/s1. The van der Waals surface area contributed by atoms with Crippen LogP contribution < -0.4 is 5.32 Å². The van der Waals surface area contributed by atoms with Crippen LogP contribution in [0.25, 0.3) is 11.4 Å². The summed E-state index contributed by atoms with van der Waals surface area (Å²) >= 11 is 1.75. The maximum Gasteiger partial charge on any atom is 0.228 e. The fourth-order valence-electron chi connectivity index (χ4n) is 2.90. The molecule has 0 unspecified atom stereocenters. The Balaban J connectivity index is 1.52. The number of anilines is 1. The zero-order valence-corrected chi connectivity index (χ0v) is 13.4. The van der Waals surface area contributed by atoms with Crippen molar-refractivity contribution >= 4 is 22.9 Å². The third-order valence-electron chi connectivity index (χ3n) is 4.22. The number of para-hydroxylation sites is 1. The van der Waals surface area contributed by atoms with Gasteiger partial charge in [0.2, 0.25) is 5.91 Å². The Bertz CT molecular complexity index is 840. The van der Waals surface area contributed by atoms with Gasteiger partial charge in [-0.15, -0.1) is 11.3 Å². The number of rotatable bonds is 4. The quantitative estimate of drug-likeness (QED) is 0.770. The summed E-state index contributed by atoms with van der Waals surface area (Å²) in [6.07, 6.45) is 2.39. The molecule has 1 aliphatic carbocycles. The van der Waals surface area contributed by atoms with E-state index in [0.717, 1.165) is 17.7 Å². The molecule has 1 aromatic carbocycles. The Morgan fingerprint density at radius 1 is 1.35 bits per heavy atom. The van der Waals surface area contributed by atoms with E-state index >= 15 is 0 Å². The minimum atomic E-state index is 0.0649. The number of aromatic nitrogens is 3. The number of carbonyl (C=O) groups excluding carboxylic acids is 1. The molecule has 2 atom stereocenters. The van der Waals surface area contributed by atoms with Crippen LogP contribution >= 0.6 is 11.3 Å². The maximum absolute atomic E-state index is 12.6. The molecule has 1 amide bonds. The van der Waals surface area contributed by atoms with Gasteiger partial charge in [-0.1, -0.05) is 12.1 Å². The molecule has 0 saturated heterocycles. The third kappa shape index (κ3) is 2.66. The number of hydrogen-bond donors (Lipinski definition) is 2. The number of aromatic amines is 1. The molecule has 0 radical (unpaired) electrons. The molecule has 3 aromatic rings. The van der Waals surface area contributed by atoms with Crippen LogP contribution in [0.1, 0.15) is 22.8 Å². The molecule has 5 nitrogen and oxygen atoms in total. The van der Waals surface area contributed by atoms with Gasteiger partial charge in [0.1, 0.15) is 6.33 Å². The van der Waals surface area contributed by atoms with Gasteiger partial charge in [0.05, 0.1) is 5.69 Å². The fourth-order valence-corrected chi connectivity index (χ4v) is 4.01. The predicted octanol–water partition coefficient (Wildman–Crippen LogP) is 3.58. The van der Waals surface area contributed by atoms with Crippen LogP contribution in [0.4, 0.5) is 5.69 Å². The van der Waals surface area contributed by atoms with E-state index < -0.39 is 0 Å². The molecule has 0 aliphatic heterocycles. The van der Waals surface area contributed by atoms with E-state index in [4.69, 9.17) is 0 Å². The van der Waals surface area contributed by atoms with Gasteiger partial charge in [-0.05, 0) is 42.5 Å². The molecule has 6 heteroatoms. The number of hydrogen-bond acceptors (Lipinski definition) is 4. The molecule has 2 N–H and O–H groups in total. The summed E-state index contributed by atoms with van der Waals surface area (Å²) in [6, 6.07) is 9.76. The van der Waals surface area contributed by atoms with Gasteiger partial charge in [0.25, 0.3) is 0 Å². The number of amides is 1. The highest BCUT2D eigenvalue weighted by Crippen LogP contribution is 2.50. The molecule has 4 rings (SSSR count). The van der Waals surface area contributed by atoms with Crippen LogP contribution in [0.15, 0.2) is 42.0 Å². The molecule has 0 bridgehead atoms. The highest BCUT2D eigenvalue weighted by molar-refractivity contribution is 7.10. The molecule has 1 aliphatic rings. The van der Waals surface area contributed by atoms with Crippen LogP contribution in [-0.2, 0) is 4.79 Å². The first-order chi connectivity index (χ1) is 11.2. The molecule has 1 saturated carbocycles. The topological polar surface area (TPSA) is 70.7 Å². The van der Waals surface area contributed by atoms with E-state index in [1.165, 1.54) is 16.8 Å². The van der Waals surface area contributed by atoms with Crippen LogP contribution in [0.3, 0.4) is 0 Å². The van der Waals surface area contributed by atoms with E-state index in [1.54, 1.807) is 11.3 Å². The summed E-state index contributed by atoms with van der Waals surface area (Å²) < 4.78 is 0. The van der Waals surface area contributed by atoms with Crippen molar-refractivity contribution < 1.29 is 4.79 Å². The minimum Gasteiger partial charge on any atom is -0.325 e. The van der Waals surface area contributed by atoms with Crippen LogP contribution in [0.5, 0.6) is 0 Å². The van der Waals surface area contributed by atoms with Crippen molar-refractivity contribution in [2.75, 3.05) is 5.32 Å². The lowest BCUT2D eigenvalue weighted by molar-refractivity contribution is -0.117. The van der Waals surface area contributed by atoms with Crippen molar-refractivity contribution in [3.63, 3.8) is 0 Å². The predicted molar refractivity (Wildman–Crippen MR) is 90.4 cm³/mol. The number of H-pyrrole nitrogens is 1. The highest BCUT2D eigenvalue weighted by atomic mass is 32.1. The lowest BCUT2D eigenvalue weighted by atomic mass is 10.1. The summed E-state index contributed by atoms with van der Waals surface area (Å²) in [7, 11) is 0. The van der Waals surface area contributed by atoms with E-state index in [9.17, 15) is 4.79 Å². The zero-order chi connectivity index (χ0) is 15.8. The molecular weight excluding hydrogens is 308 g/mol. The largest absolute Gasteiger partial charge is 0.325 e. The van der Waals surface area contributed by atoms with Gasteiger partial charge in [-0.3, -0.25) is 9.89 Å². The molecule has 0 spiro atoms. The first kappa shape index (κ1) is 14.1. The lowest BCUT2D eigenvalue weighted by Gasteiger charge is -2.09. The highest BCUT2D eigenvalue weighted by Gasteiger charge is 2.45. The zero-order valence-electron chi connectivity index (χ0n) is 12.6. The lowest BCUT2D eigenvalue weighted by Crippen LogP contribution is -2.15. The molecule has 2 heterocycles. The summed E-state index contributed by atoms with van der Waals surface area (Å²) in [6.45, 7) is 2.11. The summed E-state index contributed by atoms with van der Waals surface area (Å²) in [4.78, 5) is 18.1. The number of aryl methyl sites for hydroxylation is 1. The van der Waals surface area contributed by atoms with Gasteiger partial charge in [-0.25, -0.2) is 4.98 Å². The first-order valence-electron chi connectivity index (χ1n) is 7.53. The van der Waals surface area contributed by atoms with Crippen molar-refractivity contribution in [2.45, 2.75) is 19.3 Å². The van der Waals surface area contributed by atoms with E-state index in [1.807, 2.05) is 24.3 Å². The smallest absolute Gasteiger partial charge is 0.228 e. The Morgan fingerprint density at radius 3 is 2.96 bits per heavy atom. The summed E-state index contributed by atoms with van der Waals surface area (Å²) in [5.74, 6) is 1.17. The number of thiophene rings is 1. The Morgan fingerprint density at radius 2 is 2.22 bits per heavy atom. The second kappa shape index (κ2) is 5.62. The first-order valence-corrected chi connectivity index (χ1v) is 8.41. The monoisotopic (exact) mass is 324 g/mol. The Hall–Kier alpha value is -2.47. The average molecular weight is 324 g/mol. The molecule has 23 heavy (non-hydrogen) atoms. The normalized spacial score (nSPS) is 19.5. The van der Waals surface area contributed by atoms with Crippen LogP contribution in [-0.4, -0.2) is 21.1 Å². The number of nitrogens with zero attached hydrogens (tertiary/aromatic N) is 2. The van der Waals surface area contributed by atoms with Gasteiger partial charge < -0.3 is 5.32 Å². The van der Waals surface area contributed by atoms with E-state index in [2.05, 4.69) is 38.9 Å². The van der Waals surface area contributed by atoms with Gasteiger partial charge >= 0.3 is 0 Å². The second-order valence-corrected chi connectivity index (χ2v) is 6.73. The van der Waals surface area contributed by atoms with Crippen molar-refractivity contribution in [3.8, 4) is 11.4 Å².